The monoisotopic (exact) mass is 496 g/mol. The van der Waals surface area contributed by atoms with E-state index < -0.39 is 34.4 Å². The number of nitrogens with zero attached hydrogens (tertiary/aromatic N) is 1. The second-order valence-electron chi connectivity index (χ2n) is 7.40. The Labute approximate surface area is 198 Å². The maximum absolute atomic E-state index is 12.3. The van der Waals surface area contributed by atoms with Crippen molar-refractivity contribution in [2.45, 2.75) is 18.5 Å². The van der Waals surface area contributed by atoms with Crippen molar-refractivity contribution in [1.82, 2.24) is 10.3 Å². The van der Waals surface area contributed by atoms with Gasteiger partial charge in [0.25, 0.3) is 5.91 Å². The number of carboxylic acid groups (broad SMARTS) is 1. The van der Waals surface area contributed by atoms with E-state index in [9.17, 15) is 23.1 Å². The number of hydrogen-bond donors (Lipinski definition) is 5. The normalized spacial score (nSPS) is 13.1. The van der Waals surface area contributed by atoms with Crippen LogP contribution < -0.4 is 21.1 Å². The summed E-state index contributed by atoms with van der Waals surface area (Å²) in [5.74, 6) is -1.82. The van der Waals surface area contributed by atoms with Crippen molar-refractivity contribution >= 4 is 40.0 Å². The Balaban J connectivity index is 2.13. The molecule has 0 saturated carbocycles. The highest BCUT2D eigenvalue weighted by atomic mass is 32.2. The zero-order valence-electron chi connectivity index (χ0n) is 18.1. The molecule has 0 aliphatic heterocycles. The SMILES string of the molecule is CS(=O)(=O)CC[C@H](NC(=O)COc1nc(-c2ccccc2)ccc1NCC(N)CS)C(=O)O. The second-order valence-corrected chi connectivity index (χ2v) is 10.0. The van der Waals surface area contributed by atoms with E-state index in [0.29, 0.717) is 23.7 Å². The van der Waals surface area contributed by atoms with Crippen molar-refractivity contribution < 1.29 is 27.9 Å². The first kappa shape index (κ1) is 26.4. The predicted molar refractivity (Wildman–Crippen MR) is 129 cm³/mol. The molecule has 2 rings (SSSR count). The number of sulfone groups is 1. The number of pyridine rings is 1. The summed E-state index contributed by atoms with van der Waals surface area (Å²) in [6.07, 6.45) is 0.743. The van der Waals surface area contributed by atoms with E-state index in [-0.39, 0.29) is 24.1 Å². The number of anilines is 1. The first-order valence-corrected chi connectivity index (χ1v) is 12.8. The van der Waals surface area contributed by atoms with E-state index in [2.05, 4.69) is 28.2 Å². The molecule has 2 aromatic rings. The molecule has 0 spiro atoms. The van der Waals surface area contributed by atoms with Crippen molar-refractivity contribution in [2.75, 3.05) is 36.2 Å². The van der Waals surface area contributed by atoms with Gasteiger partial charge in [-0.25, -0.2) is 18.2 Å². The molecule has 1 amide bonds. The number of carboxylic acids is 1. The van der Waals surface area contributed by atoms with Crippen LogP contribution in [0.5, 0.6) is 5.88 Å². The third-order valence-corrected chi connectivity index (χ3v) is 5.92. The minimum atomic E-state index is -3.38. The van der Waals surface area contributed by atoms with Gasteiger partial charge in [0.1, 0.15) is 15.9 Å². The molecular formula is C21H28N4O6S2. The number of aromatic nitrogens is 1. The lowest BCUT2D eigenvalue weighted by molar-refractivity contribution is -0.142. The number of hydrogen-bond acceptors (Lipinski definition) is 9. The molecule has 0 fully saturated rings. The number of amides is 1. The average Bonchev–Trinajstić information content (AvgIpc) is 2.78. The molecule has 0 saturated heterocycles. The van der Waals surface area contributed by atoms with Gasteiger partial charge in [0, 0.05) is 30.2 Å². The van der Waals surface area contributed by atoms with Crippen LogP contribution in [0.3, 0.4) is 0 Å². The van der Waals surface area contributed by atoms with E-state index >= 15 is 0 Å². The van der Waals surface area contributed by atoms with Crippen molar-refractivity contribution in [2.24, 2.45) is 5.73 Å². The van der Waals surface area contributed by atoms with E-state index in [0.717, 1.165) is 11.8 Å². The zero-order chi connectivity index (χ0) is 24.4. The molecule has 1 unspecified atom stereocenters. The molecule has 0 radical (unpaired) electrons. The molecule has 10 nitrogen and oxygen atoms in total. The highest BCUT2D eigenvalue weighted by molar-refractivity contribution is 7.90. The van der Waals surface area contributed by atoms with Crippen molar-refractivity contribution in [3.63, 3.8) is 0 Å². The minimum Gasteiger partial charge on any atom is -0.480 e. The Bertz CT molecular complexity index is 1050. The smallest absolute Gasteiger partial charge is 0.326 e. The van der Waals surface area contributed by atoms with Crippen molar-refractivity contribution in [3.8, 4) is 17.1 Å². The summed E-state index contributed by atoms with van der Waals surface area (Å²) in [7, 11) is -3.38. The van der Waals surface area contributed by atoms with Gasteiger partial charge in [-0.15, -0.1) is 0 Å². The Morgan fingerprint density at radius 3 is 2.52 bits per heavy atom. The van der Waals surface area contributed by atoms with E-state index in [1.807, 2.05) is 30.3 Å². The fourth-order valence-electron chi connectivity index (χ4n) is 2.72. The highest BCUT2D eigenvalue weighted by Crippen LogP contribution is 2.27. The van der Waals surface area contributed by atoms with Gasteiger partial charge in [-0.05, 0) is 18.6 Å². The fourth-order valence-corrected chi connectivity index (χ4v) is 3.51. The van der Waals surface area contributed by atoms with Crippen molar-refractivity contribution in [3.05, 3.63) is 42.5 Å². The van der Waals surface area contributed by atoms with Gasteiger partial charge in [-0.3, -0.25) is 4.79 Å². The van der Waals surface area contributed by atoms with Crippen LogP contribution in [0.2, 0.25) is 0 Å². The molecule has 1 heterocycles. The van der Waals surface area contributed by atoms with Crippen LogP contribution >= 0.6 is 12.6 Å². The number of carbonyl (C=O) groups excluding carboxylic acids is 1. The number of rotatable bonds is 13. The Morgan fingerprint density at radius 1 is 1.21 bits per heavy atom. The van der Waals surface area contributed by atoms with Gasteiger partial charge in [0.2, 0.25) is 5.88 Å². The second kappa shape index (κ2) is 12.4. The van der Waals surface area contributed by atoms with Gasteiger partial charge in [0.05, 0.1) is 17.1 Å². The summed E-state index contributed by atoms with van der Waals surface area (Å²) in [5.41, 5.74) is 7.86. The third-order valence-electron chi connectivity index (χ3n) is 4.47. The van der Waals surface area contributed by atoms with E-state index in [1.54, 1.807) is 12.1 Å². The Kier molecular flexibility index (Phi) is 9.95. The summed E-state index contributed by atoms with van der Waals surface area (Å²) in [5, 5.41) is 14.7. The summed E-state index contributed by atoms with van der Waals surface area (Å²) in [6.45, 7) is -0.119. The molecule has 1 aromatic heterocycles. The molecular weight excluding hydrogens is 468 g/mol. The molecule has 0 aliphatic rings. The molecule has 1 aromatic carbocycles. The quantitative estimate of drug-likeness (QED) is 0.253. The van der Waals surface area contributed by atoms with Crippen LogP contribution in [0.1, 0.15) is 6.42 Å². The van der Waals surface area contributed by atoms with Gasteiger partial charge in [-0.1, -0.05) is 30.3 Å². The Morgan fingerprint density at radius 2 is 1.91 bits per heavy atom. The molecule has 5 N–H and O–H groups in total. The third kappa shape index (κ3) is 9.28. The first-order valence-electron chi connectivity index (χ1n) is 10.1. The molecule has 0 bridgehead atoms. The van der Waals surface area contributed by atoms with Crippen LogP contribution in [0, 0.1) is 0 Å². The predicted octanol–water partition coefficient (Wildman–Crippen LogP) is 0.801. The maximum atomic E-state index is 12.3. The lowest BCUT2D eigenvalue weighted by atomic mass is 10.1. The number of aliphatic carboxylic acids is 1. The molecule has 33 heavy (non-hydrogen) atoms. The number of nitrogens with one attached hydrogen (secondary N) is 2. The lowest BCUT2D eigenvalue weighted by Crippen LogP contribution is -2.44. The van der Waals surface area contributed by atoms with Crippen LogP contribution in [-0.2, 0) is 19.4 Å². The van der Waals surface area contributed by atoms with Crippen LogP contribution in [-0.4, -0.2) is 73.4 Å². The Hall–Kier alpha value is -2.83. The molecule has 180 valence electrons. The van der Waals surface area contributed by atoms with Gasteiger partial charge in [0.15, 0.2) is 6.61 Å². The van der Waals surface area contributed by atoms with E-state index in [1.165, 1.54) is 0 Å². The summed E-state index contributed by atoms with van der Waals surface area (Å²) < 4.78 is 28.2. The van der Waals surface area contributed by atoms with Crippen LogP contribution in [0.15, 0.2) is 42.5 Å². The van der Waals surface area contributed by atoms with Gasteiger partial charge < -0.3 is 26.2 Å². The van der Waals surface area contributed by atoms with Crippen molar-refractivity contribution in [1.29, 1.82) is 0 Å². The zero-order valence-corrected chi connectivity index (χ0v) is 19.8. The number of nitrogens with two attached hydrogens (primary N) is 1. The molecule has 0 aliphatic carbocycles. The number of ether oxygens (including phenoxy) is 1. The van der Waals surface area contributed by atoms with Gasteiger partial charge in [-0.2, -0.15) is 12.6 Å². The summed E-state index contributed by atoms with van der Waals surface area (Å²) in [4.78, 5) is 28.2. The maximum Gasteiger partial charge on any atom is 0.326 e. The van der Waals surface area contributed by atoms with Crippen LogP contribution in [0.4, 0.5) is 5.69 Å². The standard InChI is InChI=1S/C21H28N4O6S2/c1-33(29,30)10-9-18(21(27)28)24-19(26)12-31-20-17(23-11-15(22)13-32)8-7-16(25-20)14-5-3-2-4-6-14/h2-8,15,18,23,32H,9-13,22H2,1H3,(H,24,26)(H,27,28)/t15?,18-/m0/s1. The molecule has 12 heteroatoms. The highest BCUT2D eigenvalue weighted by Gasteiger charge is 2.22. The molecule has 2 atom stereocenters. The summed E-state index contributed by atoms with van der Waals surface area (Å²) >= 11 is 4.15. The number of carbonyl (C=O) groups is 2. The topological polar surface area (TPSA) is 161 Å². The average molecular weight is 497 g/mol. The first-order chi connectivity index (χ1) is 15.6. The fraction of sp³-hybridized carbons (Fsp3) is 0.381. The van der Waals surface area contributed by atoms with Gasteiger partial charge >= 0.3 is 5.97 Å². The number of benzene rings is 1. The van der Waals surface area contributed by atoms with E-state index in [4.69, 9.17) is 10.5 Å². The number of thiol groups is 1. The largest absolute Gasteiger partial charge is 0.480 e. The lowest BCUT2D eigenvalue weighted by Gasteiger charge is -2.17. The van der Waals surface area contributed by atoms with Crippen LogP contribution in [0.25, 0.3) is 11.3 Å². The summed E-state index contributed by atoms with van der Waals surface area (Å²) in [6, 6.07) is 11.3. The minimum absolute atomic E-state index is 0.140.